The van der Waals surface area contributed by atoms with Crippen molar-refractivity contribution in [1.82, 2.24) is 5.32 Å². The minimum absolute atomic E-state index is 0.104. The van der Waals surface area contributed by atoms with Crippen molar-refractivity contribution in [2.24, 2.45) is 4.99 Å². The molecule has 1 heterocycles. The van der Waals surface area contributed by atoms with E-state index < -0.39 is 0 Å². The minimum atomic E-state index is -0.151. The number of aliphatic hydroxyl groups is 1. The van der Waals surface area contributed by atoms with Crippen molar-refractivity contribution < 1.29 is 9.90 Å². The molecular weight excluding hydrogens is 164 g/mol. The Labute approximate surface area is 68.4 Å². The first-order valence-electron chi connectivity index (χ1n) is 3.04. The molecule has 1 amide bonds. The van der Waals surface area contributed by atoms with Gasteiger partial charge in [-0.1, -0.05) is 11.8 Å². The molecule has 0 spiro atoms. The molecular formula is C6H8N2O2S. The second kappa shape index (κ2) is 3.43. The van der Waals surface area contributed by atoms with Crippen LogP contribution in [0.2, 0.25) is 0 Å². The number of hydrogen-bond acceptors (Lipinski definition) is 4. The lowest BCUT2D eigenvalue weighted by Gasteiger charge is -1.99. The number of aliphatic hydroxyl groups excluding tert-OH is 1. The molecule has 0 atom stereocenters. The highest BCUT2D eigenvalue weighted by atomic mass is 32.2. The summed E-state index contributed by atoms with van der Waals surface area (Å²) < 4.78 is 0. The van der Waals surface area contributed by atoms with Crippen molar-refractivity contribution >= 4 is 22.8 Å². The summed E-state index contributed by atoms with van der Waals surface area (Å²) in [6.45, 7) is 0. The molecule has 0 aromatic rings. The van der Waals surface area contributed by atoms with Crippen LogP contribution in [0.5, 0.6) is 0 Å². The van der Waals surface area contributed by atoms with Crippen LogP contribution < -0.4 is 5.32 Å². The standard InChI is InChI=1S/C6H8N2O2S/c1-11-6-7-4(9)2-3-5(10)8-6/h2,9H,3H2,1H3,(H,7,8,10). The molecule has 11 heavy (non-hydrogen) atoms. The molecule has 1 rings (SSSR count). The van der Waals surface area contributed by atoms with E-state index in [1.54, 1.807) is 6.26 Å². The van der Waals surface area contributed by atoms with Crippen LogP contribution in [0.25, 0.3) is 0 Å². The number of rotatable bonds is 0. The third-order valence-electron chi connectivity index (χ3n) is 1.13. The number of amides is 1. The van der Waals surface area contributed by atoms with E-state index in [1.807, 2.05) is 0 Å². The fourth-order valence-electron chi connectivity index (χ4n) is 0.629. The zero-order valence-corrected chi connectivity index (χ0v) is 6.81. The summed E-state index contributed by atoms with van der Waals surface area (Å²) in [5, 5.41) is 11.9. The lowest BCUT2D eigenvalue weighted by Crippen LogP contribution is -2.26. The van der Waals surface area contributed by atoms with Gasteiger partial charge in [0.15, 0.2) is 5.17 Å². The van der Waals surface area contributed by atoms with E-state index in [0.29, 0.717) is 5.17 Å². The van der Waals surface area contributed by atoms with E-state index >= 15 is 0 Å². The maximum atomic E-state index is 10.8. The van der Waals surface area contributed by atoms with Crippen molar-refractivity contribution in [1.29, 1.82) is 0 Å². The average Bonchev–Trinajstić information content (AvgIpc) is 2.13. The number of amidine groups is 1. The number of nitrogens with zero attached hydrogens (tertiary/aromatic N) is 1. The van der Waals surface area contributed by atoms with Gasteiger partial charge >= 0.3 is 0 Å². The summed E-state index contributed by atoms with van der Waals surface area (Å²) in [5.74, 6) is -0.255. The van der Waals surface area contributed by atoms with E-state index in [2.05, 4.69) is 10.3 Å². The van der Waals surface area contributed by atoms with Crippen molar-refractivity contribution in [2.45, 2.75) is 6.42 Å². The molecule has 0 saturated carbocycles. The molecule has 1 aliphatic rings. The lowest BCUT2D eigenvalue weighted by molar-refractivity contribution is -0.118. The number of aliphatic imine (C=N–C) groups is 1. The lowest BCUT2D eigenvalue weighted by atomic mass is 10.4. The number of nitrogens with one attached hydrogen (secondary N) is 1. The van der Waals surface area contributed by atoms with E-state index in [0.717, 1.165) is 0 Å². The summed E-state index contributed by atoms with van der Waals surface area (Å²) >= 11 is 1.28. The van der Waals surface area contributed by atoms with Crippen LogP contribution in [0.4, 0.5) is 0 Å². The highest BCUT2D eigenvalue weighted by Crippen LogP contribution is 2.05. The largest absolute Gasteiger partial charge is 0.493 e. The molecule has 0 radical (unpaired) electrons. The smallest absolute Gasteiger partial charge is 0.229 e. The maximum Gasteiger partial charge on any atom is 0.229 e. The first kappa shape index (κ1) is 8.13. The van der Waals surface area contributed by atoms with Gasteiger partial charge in [-0.05, 0) is 12.3 Å². The summed E-state index contributed by atoms with van der Waals surface area (Å²) in [6.07, 6.45) is 3.33. The van der Waals surface area contributed by atoms with Gasteiger partial charge in [-0.25, -0.2) is 0 Å². The molecule has 5 heteroatoms. The third-order valence-corrected chi connectivity index (χ3v) is 1.71. The van der Waals surface area contributed by atoms with Gasteiger partial charge in [-0.3, -0.25) is 4.79 Å². The minimum Gasteiger partial charge on any atom is -0.493 e. The van der Waals surface area contributed by atoms with Crippen molar-refractivity contribution in [2.75, 3.05) is 6.26 Å². The van der Waals surface area contributed by atoms with Gasteiger partial charge in [0.2, 0.25) is 11.8 Å². The summed E-state index contributed by atoms with van der Waals surface area (Å²) in [6, 6.07) is 0. The Kier molecular flexibility index (Phi) is 2.53. The average molecular weight is 172 g/mol. The predicted octanol–water partition coefficient (Wildman–Crippen LogP) is 0.625. The van der Waals surface area contributed by atoms with Gasteiger partial charge in [0.25, 0.3) is 0 Å². The molecule has 0 saturated heterocycles. The highest BCUT2D eigenvalue weighted by molar-refractivity contribution is 8.13. The molecule has 1 aliphatic heterocycles. The van der Waals surface area contributed by atoms with Crippen LogP contribution in [0, 0.1) is 0 Å². The number of thioether (sulfide) groups is 1. The predicted molar refractivity (Wildman–Crippen MR) is 44.4 cm³/mol. The Bertz CT molecular complexity index is 235. The number of carbonyl (C=O) groups is 1. The van der Waals surface area contributed by atoms with Crippen LogP contribution in [0.1, 0.15) is 6.42 Å². The molecule has 0 fully saturated rings. The molecule has 0 unspecified atom stereocenters. The van der Waals surface area contributed by atoms with E-state index in [-0.39, 0.29) is 18.2 Å². The monoisotopic (exact) mass is 172 g/mol. The Morgan fingerprint density at radius 1 is 1.82 bits per heavy atom. The molecule has 4 nitrogen and oxygen atoms in total. The Morgan fingerprint density at radius 2 is 2.55 bits per heavy atom. The summed E-state index contributed by atoms with van der Waals surface area (Å²) in [4.78, 5) is 14.5. The zero-order valence-electron chi connectivity index (χ0n) is 6.00. The Balaban J connectivity index is 2.79. The highest BCUT2D eigenvalue weighted by Gasteiger charge is 2.08. The number of hydrogen-bond donors (Lipinski definition) is 2. The van der Waals surface area contributed by atoms with Crippen LogP contribution >= 0.6 is 11.8 Å². The van der Waals surface area contributed by atoms with Crippen molar-refractivity contribution in [3.63, 3.8) is 0 Å². The van der Waals surface area contributed by atoms with Crippen LogP contribution in [0.3, 0.4) is 0 Å². The fourth-order valence-corrected chi connectivity index (χ4v) is 1.03. The summed E-state index contributed by atoms with van der Waals surface area (Å²) in [7, 11) is 0. The zero-order chi connectivity index (χ0) is 8.27. The van der Waals surface area contributed by atoms with Crippen molar-refractivity contribution in [3.8, 4) is 0 Å². The normalized spacial score (nSPS) is 18.1. The first-order valence-corrected chi connectivity index (χ1v) is 4.26. The van der Waals surface area contributed by atoms with Gasteiger partial charge in [-0.2, -0.15) is 4.99 Å². The first-order chi connectivity index (χ1) is 5.22. The quantitative estimate of drug-likeness (QED) is 0.563. The van der Waals surface area contributed by atoms with Gasteiger partial charge < -0.3 is 10.4 Å². The van der Waals surface area contributed by atoms with E-state index in [4.69, 9.17) is 5.11 Å². The SMILES string of the molecule is CSC1=NC(O)=CCC(=O)N1. The second-order valence-corrected chi connectivity index (χ2v) is 2.73. The summed E-state index contributed by atoms with van der Waals surface area (Å²) in [5.41, 5.74) is 0. The van der Waals surface area contributed by atoms with Gasteiger partial charge in [-0.15, -0.1) is 0 Å². The third kappa shape index (κ3) is 2.27. The Morgan fingerprint density at radius 3 is 3.18 bits per heavy atom. The molecule has 2 N–H and O–H groups in total. The molecule has 60 valence electrons. The maximum absolute atomic E-state index is 10.8. The van der Waals surface area contributed by atoms with Crippen LogP contribution in [-0.4, -0.2) is 22.4 Å². The molecule has 0 aliphatic carbocycles. The Hall–Kier alpha value is -0.970. The van der Waals surface area contributed by atoms with Gasteiger partial charge in [0, 0.05) is 0 Å². The molecule has 0 aromatic heterocycles. The second-order valence-electron chi connectivity index (χ2n) is 1.94. The van der Waals surface area contributed by atoms with E-state index in [1.165, 1.54) is 17.8 Å². The van der Waals surface area contributed by atoms with Crippen molar-refractivity contribution in [3.05, 3.63) is 12.0 Å². The van der Waals surface area contributed by atoms with Crippen LogP contribution in [0.15, 0.2) is 17.0 Å². The molecule has 0 aromatic carbocycles. The fraction of sp³-hybridized carbons (Fsp3) is 0.333. The van der Waals surface area contributed by atoms with Gasteiger partial charge in [0.05, 0.1) is 6.42 Å². The van der Waals surface area contributed by atoms with Gasteiger partial charge in [0.1, 0.15) is 0 Å². The van der Waals surface area contributed by atoms with Crippen LogP contribution in [-0.2, 0) is 4.79 Å². The van der Waals surface area contributed by atoms with E-state index in [9.17, 15) is 4.79 Å². The topological polar surface area (TPSA) is 61.7 Å². The molecule has 0 bridgehead atoms. The number of carbonyl (C=O) groups excluding carboxylic acids is 1.